The maximum Gasteiger partial charge on any atom is 0.227 e. The van der Waals surface area contributed by atoms with Crippen molar-refractivity contribution in [2.75, 3.05) is 31.1 Å². The van der Waals surface area contributed by atoms with Crippen LogP contribution in [0.25, 0.3) is 5.82 Å². The highest BCUT2D eigenvalue weighted by molar-refractivity contribution is 5.79. The van der Waals surface area contributed by atoms with Gasteiger partial charge in [0, 0.05) is 31.9 Å². The van der Waals surface area contributed by atoms with Crippen LogP contribution in [0, 0.1) is 20.8 Å². The van der Waals surface area contributed by atoms with Gasteiger partial charge in [0.25, 0.3) is 0 Å². The minimum absolute atomic E-state index is 0.182. The Hall–Kier alpha value is -3.22. The van der Waals surface area contributed by atoms with Gasteiger partial charge in [-0.2, -0.15) is 5.10 Å². The van der Waals surface area contributed by atoms with E-state index in [4.69, 9.17) is 4.98 Å². The van der Waals surface area contributed by atoms with Crippen molar-refractivity contribution in [2.45, 2.75) is 27.2 Å². The number of amides is 1. The van der Waals surface area contributed by atoms with Crippen LogP contribution in [0.1, 0.15) is 22.5 Å². The number of hydrogen-bond acceptors (Lipinski definition) is 5. The quantitative estimate of drug-likeness (QED) is 0.685. The van der Waals surface area contributed by atoms with Crippen LogP contribution in [0.2, 0.25) is 0 Å². The summed E-state index contributed by atoms with van der Waals surface area (Å²) in [6.45, 7) is 8.90. The average molecular weight is 390 g/mol. The third-order valence-electron chi connectivity index (χ3n) is 5.40. The van der Waals surface area contributed by atoms with Gasteiger partial charge in [-0.1, -0.05) is 24.3 Å². The maximum atomic E-state index is 12.7. The summed E-state index contributed by atoms with van der Waals surface area (Å²) in [5.41, 5.74) is 4.25. The molecule has 0 N–H and O–H groups in total. The molecule has 7 heteroatoms. The largest absolute Gasteiger partial charge is 0.352 e. The highest BCUT2D eigenvalue weighted by Gasteiger charge is 2.23. The molecule has 0 aliphatic carbocycles. The number of aromatic nitrogens is 4. The van der Waals surface area contributed by atoms with Gasteiger partial charge in [0.15, 0.2) is 5.82 Å². The van der Waals surface area contributed by atoms with Crippen LogP contribution >= 0.6 is 0 Å². The second kappa shape index (κ2) is 8.03. The van der Waals surface area contributed by atoms with E-state index in [2.05, 4.69) is 28.0 Å². The fourth-order valence-electron chi connectivity index (χ4n) is 3.73. The van der Waals surface area contributed by atoms with E-state index in [1.165, 1.54) is 0 Å². The molecular formula is C22H26N6O. The highest BCUT2D eigenvalue weighted by atomic mass is 16.2. The fourth-order valence-corrected chi connectivity index (χ4v) is 3.73. The molecule has 0 bridgehead atoms. The van der Waals surface area contributed by atoms with Crippen LogP contribution in [-0.4, -0.2) is 56.7 Å². The summed E-state index contributed by atoms with van der Waals surface area (Å²) in [7, 11) is 0. The second-order valence-electron chi connectivity index (χ2n) is 7.55. The summed E-state index contributed by atoms with van der Waals surface area (Å²) >= 11 is 0. The molecule has 7 nitrogen and oxygen atoms in total. The van der Waals surface area contributed by atoms with Gasteiger partial charge in [-0.3, -0.25) is 9.78 Å². The number of piperazine rings is 1. The minimum Gasteiger partial charge on any atom is -0.352 e. The number of rotatable bonds is 4. The van der Waals surface area contributed by atoms with Gasteiger partial charge in [0.05, 0.1) is 24.5 Å². The molecule has 29 heavy (non-hydrogen) atoms. The Kier molecular flexibility index (Phi) is 5.29. The predicted octanol–water partition coefficient (Wildman–Crippen LogP) is 2.48. The summed E-state index contributed by atoms with van der Waals surface area (Å²) < 4.78 is 1.81. The number of hydrogen-bond donors (Lipinski definition) is 0. The lowest BCUT2D eigenvalue weighted by Gasteiger charge is -2.35. The Labute approximate surface area is 171 Å². The molecule has 1 aliphatic heterocycles. The SMILES string of the molecule is Cc1cc(C)n(-c2cncc(N3CCN(C(=O)Cc4ccccc4C)CC3)n2)n1. The van der Waals surface area contributed by atoms with Crippen LogP contribution in [0.3, 0.4) is 0 Å². The van der Waals surface area contributed by atoms with Gasteiger partial charge in [-0.05, 0) is 38.0 Å². The summed E-state index contributed by atoms with van der Waals surface area (Å²) in [6.07, 6.45) is 3.96. The molecule has 0 saturated carbocycles. The van der Waals surface area contributed by atoms with Crippen LogP contribution in [0.15, 0.2) is 42.7 Å². The molecule has 3 heterocycles. The molecule has 1 aliphatic rings. The number of anilines is 1. The van der Waals surface area contributed by atoms with E-state index in [9.17, 15) is 4.79 Å². The van der Waals surface area contributed by atoms with E-state index in [-0.39, 0.29) is 5.91 Å². The smallest absolute Gasteiger partial charge is 0.227 e. The molecule has 0 radical (unpaired) electrons. The van der Waals surface area contributed by atoms with Gasteiger partial charge in [-0.15, -0.1) is 0 Å². The van der Waals surface area contributed by atoms with E-state index in [1.807, 2.05) is 47.7 Å². The summed E-state index contributed by atoms with van der Waals surface area (Å²) in [5, 5.41) is 4.49. The molecule has 150 valence electrons. The van der Waals surface area contributed by atoms with Gasteiger partial charge in [-0.25, -0.2) is 9.67 Å². The monoisotopic (exact) mass is 390 g/mol. The lowest BCUT2D eigenvalue weighted by atomic mass is 10.1. The molecule has 1 amide bonds. The Morgan fingerprint density at radius 3 is 2.41 bits per heavy atom. The lowest BCUT2D eigenvalue weighted by molar-refractivity contribution is -0.130. The molecule has 3 aromatic rings. The maximum absolute atomic E-state index is 12.7. The van der Waals surface area contributed by atoms with Gasteiger partial charge in [0.2, 0.25) is 5.91 Å². The van der Waals surface area contributed by atoms with E-state index < -0.39 is 0 Å². The minimum atomic E-state index is 0.182. The molecule has 0 spiro atoms. The van der Waals surface area contributed by atoms with Crippen molar-refractivity contribution in [1.82, 2.24) is 24.6 Å². The third kappa shape index (κ3) is 4.13. The van der Waals surface area contributed by atoms with E-state index in [1.54, 1.807) is 12.4 Å². The van der Waals surface area contributed by atoms with Crippen molar-refractivity contribution in [3.05, 3.63) is 65.2 Å². The summed E-state index contributed by atoms with van der Waals surface area (Å²) in [6, 6.07) is 10.1. The number of benzene rings is 1. The second-order valence-corrected chi connectivity index (χ2v) is 7.55. The zero-order valence-electron chi connectivity index (χ0n) is 17.2. The van der Waals surface area contributed by atoms with Crippen molar-refractivity contribution < 1.29 is 4.79 Å². The van der Waals surface area contributed by atoms with Crippen LogP contribution in [0.4, 0.5) is 5.82 Å². The van der Waals surface area contributed by atoms with E-state index in [0.29, 0.717) is 25.3 Å². The first-order chi connectivity index (χ1) is 14.0. The van der Waals surface area contributed by atoms with Gasteiger partial charge >= 0.3 is 0 Å². The Morgan fingerprint density at radius 2 is 1.72 bits per heavy atom. The molecule has 2 aromatic heterocycles. The first kappa shape index (κ1) is 19.1. The van der Waals surface area contributed by atoms with Crippen molar-refractivity contribution in [1.29, 1.82) is 0 Å². The summed E-state index contributed by atoms with van der Waals surface area (Å²) in [4.78, 5) is 25.9. The molecule has 1 aromatic carbocycles. The first-order valence-corrected chi connectivity index (χ1v) is 9.94. The Morgan fingerprint density at radius 1 is 1.00 bits per heavy atom. The Bertz CT molecular complexity index is 1020. The third-order valence-corrected chi connectivity index (χ3v) is 5.40. The van der Waals surface area contributed by atoms with Crippen molar-refractivity contribution >= 4 is 11.7 Å². The molecule has 0 atom stereocenters. The predicted molar refractivity (Wildman–Crippen MR) is 112 cm³/mol. The van der Waals surface area contributed by atoms with Crippen LogP contribution in [-0.2, 0) is 11.2 Å². The molecular weight excluding hydrogens is 364 g/mol. The van der Waals surface area contributed by atoms with Crippen molar-refractivity contribution in [3.63, 3.8) is 0 Å². The summed E-state index contributed by atoms with van der Waals surface area (Å²) in [5.74, 6) is 1.72. The van der Waals surface area contributed by atoms with E-state index >= 15 is 0 Å². The highest BCUT2D eigenvalue weighted by Crippen LogP contribution is 2.17. The zero-order chi connectivity index (χ0) is 20.4. The molecule has 4 rings (SSSR count). The first-order valence-electron chi connectivity index (χ1n) is 9.94. The topological polar surface area (TPSA) is 67.2 Å². The molecule has 1 saturated heterocycles. The van der Waals surface area contributed by atoms with Crippen LogP contribution < -0.4 is 4.90 Å². The van der Waals surface area contributed by atoms with Crippen LogP contribution in [0.5, 0.6) is 0 Å². The molecule has 0 unspecified atom stereocenters. The number of nitrogens with zero attached hydrogens (tertiary/aromatic N) is 6. The lowest BCUT2D eigenvalue weighted by Crippen LogP contribution is -2.49. The normalized spacial score (nSPS) is 14.3. The standard InChI is InChI=1S/C22H26N6O/c1-16-6-4-5-7-19(16)13-22(29)27-10-8-26(9-11-27)20-14-23-15-21(24-20)28-18(3)12-17(2)25-28/h4-7,12,14-15H,8-11,13H2,1-3H3. The average Bonchev–Trinajstić information content (AvgIpc) is 3.08. The number of aryl methyl sites for hydroxylation is 3. The van der Waals surface area contributed by atoms with Gasteiger partial charge < -0.3 is 9.80 Å². The van der Waals surface area contributed by atoms with Gasteiger partial charge in [0.1, 0.15) is 5.82 Å². The Balaban J connectivity index is 1.41. The van der Waals surface area contributed by atoms with Crippen molar-refractivity contribution in [2.24, 2.45) is 0 Å². The number of carbonyl (C=O) groups is 1. The van der Waals surface area contributed by atoms with Crippen molar-refractivity contribution in [3.8, 4) is 5.82 Å². The number of carbonyl (C=O) groups excluding carboxylic acids is 1. The fraction of sp³-hybridized carbons (Fsp3) is 0.364. The van der Waals surface area contributed by atoms with E-state index in [0.717, 1.165) is 41.4 Å². The zero-order valence-corrected chi connectivity index (χ0v) is 17.2. The molecule has 1 fully saturated rings.